The van der Waals surface area contributed by atoms with Crippen molar-refractivity contribution in [1.29, 1.82) is 0 Å². The average molecular weight is 426 g/mol. The summed E-state index contributed by atoms with van der Waals surface area (Å²) in [4.78, 5) is 24.3. The van der Waals surface area contributed by atoms with Crippen LogP contribution in [-0.2, 0) is 13.5 Å². The van der Waals surface area contributed by atoms with E-state index in [9.17, 15) is 4.79 Å². The molecule has 0 N–H and O–H groups in total. The highest BCUT2D eigenvalue weighted by atomic mass is 16.2. The SMILES string of the molecule is Cn1cc(-c2cc(C(=O)N3CCC[C@@H](Cc4cccc5cccnc45)CC3)ccn2)cn1. The minimum atomic E-state index is 0.0880. The van der Waals surface area contributed by atoms with Crippen molar-refractivity contribution >= 4 is 16.8 Å². The number of amides is 1. The van der Waals surface area contributed by atoms with Gasteiger partial charge in [-0.15, -0.1) is 0 Å². The Bertz CT molecular complexity index is 1240. The number of rotatable bonds is 4. The van der Waals surface area contributed by atoms with Gasteiger partial charge in [-0.1, -0.05) is 24.3 Å². The normalized spacial score (nSPS) is 16.8. The third kappa shape index (κ3) is 4.26. The van der Waals surface area contributed by atoms with Crippen molar-refractivity contribution in [3.05, 3.63) is 78.4 Å². The van der Waals surface area contributed by atoms with Gasteiger partial charge in [0, 0.05) is 55.2 Å². The van der Waals surface area contributed by atoms with Crippen molar-refractivity contribution < 1.29 is 4.79 Å². The highest BCUT2D eigenvalue weighted by molar-refractivity contribution is 5.95. The van der Waals surface area contributed by atoms with Crippen LogP contribution in [0.25, 0.3) is 22.2 Å². The van der Waals surface area contributed by atoms with Gasteiger partial charge in [-0.2, -0.15) is 5.10 Å². The molecule has 4 heterocycles. The Balaban J connectivity index is 1.28. The molecule has 0 spiro atoms. The van der Waals surface area contributed by atoms with E-state index < -0.39 is 0 Å². The molecule has 162 valence electrons. The molecule has 0 bridgehead atoms. The van der Waals surface area contributed by atoms with Gasteiger partial charge in [-0.05, 0) is 55.4 Å². The van der Waals surface area contributed by atoms with E-state index in [1.807, 2.05) is 42.5 Å². The Morgan fingerprint density at radius 1 is 1.06 bits per heavy atom. The maximum Gasteiger partial charge on any atom is 0.253 e. The highest BCUT2D eigenvalue weighted by Gasteiger charge is 2.23. The van der Waals surface area contributed by atoms with Gasteiger partial charge < -0.3 is 4.90 Å². The standard InChI is InChI=1S/C26H27N5O/c1-30-18-23(17-29-30)24-16-22(9-12-27-24)26(32)31-13-4-5-19(10-14-31)15-21-7-2-6-20-8-3-11-28-25(20)21/h2-3,6-9,11-12,16-19H,4-5,10,13-15H2,1H3/t19-/m1/s1. The van der Waals surface area contributed by atoms with Crippen molar-refractivity contribution in [3.63, 3.8) is 0 Å². The number of carbonyl (C=O) groups excluding carboxylic acids is 1. The molecule has 1 fully saturated rings. The summed E-state index contributed by atoms with van der Waals surface area (Å²) in [5, 5.41) is 5.40. The second-order valence-corrected chi connectivity index (χ2v) is 8.62. The lowest BCUT2D eigenvalue weighted by Gasteiger charge is -2.21. The lowest BCUT2D eigenvalue weighted by atomic mass is 9.91. The molecule has 1 saturated heterocycles. The first-order valence-electron chi connectivity index (χ1n) is 11.2. The van der Waals surface area contributed by atoms with Gasteiger partial charge in [0.2, 0.25) is 0 Å². The van der Waals surface area contributed by atoms with Crippen molar-refractivity contribution in [3.8, 4) is 11.3 Å². The number of pyridine rings is 2. The smallest absolute Gasteiger partial charge is 0.253 e. The zero-order chi connectivity index (χ0) is 21.9. The highest BCUT2D eigenvalue weighted by Crippen LogP contribution is 2.26. The molecule has 3 aromatic heterocycles. The molecule has 5 rings (SSSR count). The molecule has 32 heavy (non-hydrogen) atoms. The summed E-state index contributed by atoms with van der Waals surface area (Å²) >= 11 is 0. The number of likely N-dealkylation sites (tertiary alicyclic amines) is 1. The number of hydrogen-bond donors (Lipinski definition) is 0. The predicted molar refractivity (Wildman–Crippen MR) is 125 cm³/mol. The number of nitrogens with zero attached hydrogens (tertiary/aromatic N) is 5. The van der Waals surface area contributed by atoms with Crippen LogP contribution in [0.3, 0.4) is 0 Å². The van der Waals surface area contributed by atoms with Crippen LogP contribution < -0.4 is 0 Å². The molecule has 0 aliphatic carbocycles. The molecule has 6 nitrogen and oxygen atoms in total. The maximum atomic E-state index is 13.2. The molecule has 4 aromatic rings. The molecule has 1 aliphatic rings. The fourth-order valence-corrected chi connectivity index (χ4v) is 4.67. The first-order chi connectivity index (χ1) is 15.7. The van der Waals surface area contributed by atoms with E-state index in [0.717, 1.165) is 55.5 Å². The summed E-state index contributed by atoms with van der Waals surface area (Å²) in [5.74, 6) is 0.647. The minimum Gasteiger partial charge on any atom is -0.339 e. The van der Waals surface area contributed by atoms with Crippen molar-refractivity contribution in [2.24, 2.45) is 13.0 Å². The molecule has 1 atom stereocenters. The van der Waals surface area contributed by atoms with Gasteiger partial charge in [-0.3, -0.25) is 19.4 Å². The molecule has 0 radical (unpaired) electrons. The Hall–Kier alpha value is -3.54. The number of carbonyl (C=O) groups is 1. The Kier molecular flexibility index (Phi) is 5.67. The zero-order valence-corrected chi connectivity index (χ0v) is 18.3. The molecule has 1 aromatic carbocycles. The van der Waals surface area contributed by atoms with E-state index in [4.69, 9.17) is 0 Å². The molecular weight excluding hydrogens is 398 g/mol. The van der Waals surface area contributed by atoms with Crippen molar-refractivity contribution in [2.75, 3.05) is 13.1 Å². The van der Waals surface area contributed by atoms with Crippen LogP contribution in [0.15, 0.2) is 67.3 Å². The topological polar surface area (TPSA) is 63.9 Å². The van der Waals surface area contributed by atoms with Crippen LogP contribution in [0.4, 0.5) is 0 Å². The first kappa shape index (κ1) is 20.4. The lowest BCUT2D eigenvalue weighted by molar-refractivity contribution is 0.0760. The molecule has 6 heteroatoms. The van der Waals surface area contributed by atoms with Crippen LogP contribution in [0.5, 0.6) is 0 Å². The number of benzene rings is 1. The van der Waals surface area contributed by atoms with Crippen LogP contribution in [0.1, 0.15) is 35.2 Å². The van der Waals surface area contributed by atoms with Crippen LogP contribution in [0, 0.1) is 5.92 Å². The minimum absolute atomic E-state index is 0.0880. The fraction of sp³-hybridized carbons (Fsp3) is 0.308. The van der Waals surface area contributed by atoms with Crippen LogP contribution in [-0.4, -0.2) is 43.6 Å². The number of aryl methyl sites for hydroxylation is 1. The molecule has 1 amide bonds. The average Bonchev–Trinajstić information content (AvgIpc) is 3.13. The quantitative estimate of drug-likeness (QED) is 0.482. The van der Waals surface area contributed by atoms with Gasteiger partial charge in [0.1, 0.15) is 0 Å². The van der Waals surface area contributed by atoms with Crippen molar-refractivity contribution in [2.45, 2.75) is 25.7 Å². The van der Waals surface area contributed by atoms with E-state index >= 15 is 0 Å². The van der Waals surface area contributed by atoms with Gasteiger partial charge >= 0.3 is 0 Å². The second kappa shape index (κ2) is 8.91. The number of aromatic nitrogens is 4. The molecular formula is C26H27N5O. The van der Waals surface area contributed by atoms with E-state index in [2.05, 4.69) is 39.3 Å². The van der Waals surface area contributed by atoms with E-state index in [1.165, 1.54) is 10.9 Å². The summed E-state index contributed by atoms with van der Waals surface area (Å²) in [7, 11) is 1.88. The fourth-order valence-electron chi connectivity index (χ4n) is 4.67. The summed E-state index contributed by atoms with van der Waals surface area (Å²) in [6, 6.07) is 14.2. The van der Waals surface area contributed by atoms with E-state index in [1.54, 1.807) is 17.1 Å². The summed E-state index contributed by atoms with van der Waals surface area (Å²) in [5.41, 5.74) is 4.80. The summed E-state index contributed by atoms with van der Waals surface area (Å²) in [6.45, 7) is 1.58. The lowest BCUT2D eigenvalue weighted by Crippen LogP contribution is -2.32. The largest absolute Gasteiger partial charge is 0.339 e. The third-order valence-corrected chi connectivity index (χ3v) is 6.37. The van der Waals surface area contributed by atoms with Gasteiger partial charge in [0.15, 0.2) is 0 Å². The van der Waals surface area contributed by atoms with Gasteiger partial charge in [0.25, 0.3) is 5.91 Å². The molecule has 0 unspecified atom stereocenters. The number of para-hydroxylation sites is 1. The maximum absolute atomic E-state index is 13.2. The monoisotopic (exact) mass is 425 g/mol. The van der Waals surface area contributed by atoms with Crippen LogP contribution >= 0.6 is 0 Å². The van der Waals surface area contributed by atoms with E-state index in [0.29, 0.717) is 11.5 Å². The van der Waals surface area contributed by atoms with Crippen molar-refractivity contribution in [1.82, 2.24) is 24.6 Å². The predicted octanol–water partition coefficient (Wildman–Crippen LogP) is 4.52. The number of fused-ring (bicyclic) bond motifs is 1. The third-order valence-electron chi connectivity index (χ3n) is 6.37. The summed E-state index contributed by atoms with van der Waals surface area (Å²) in [6.07, 6.45) is 11.4. The second-order valence-electron chi connectivity index (χ2n) is 8.62. The Morgan fingerprint density at radius 3 is 2.84 bits per heavy atom. The Morgan fingerprint density at radius 2 is 1.97 bits per heavy atom. The number of hydrogen-bond acceptors (Lipinski definition) is 4. The molecule has 0 saturated carbocycles. The van der Waals surface area contributed by atoms with Gasteiger partial charge in [0.05, 0.1) is 17.4 Å². The van der Waals surface area contributed by atoms with Crippen LogP contribution in [0.2, 0.25) is 0 Å². The molecule has 1 aliphatic heterocycles. The summed E-state index contributed by atoms with van der Waals surface area (Å²) < 4.78 is 1.74. The zero-order valence-electron chi connectivity index (χ0n) is 18.3. The Labute approximate surface area is 187 Å². The van der Waals surface area contributed by atoms with Gasteiger partial charge in [-0.25, -0.2) is 0 Å². The van der Waals surface area contributed by atoms with E-state index in [-0.39, 0.29) is 5.91 Å². The first-order valence-corrected chi connectivity index (χ1v) is 11.2.